The largest absolute Gasteiger partial charge is 0.375 e. The molecule has 0 radical (unpaired) electrons. The van der Waals surface area contributed by atoms with Crippen LogP contribution in [0, 0.1) is 12.8 Å². The van der Waals surface area contributed by atoms with Crippen molar-refractivity contribution < 1.29 is 4.74 Å². The van der Waals surface area contributed by atoms with Gasteiger partial charge in [-0.15, -0.1) is 0 Å². The second kappa shape index (κ2) is 5.80. The Morgan fingerprint density at radius 1 is 1.45 bits per heavy atom. The summed E-state index contributed by atoms with van der Waals surface area (Å²) in [7, 11) is 0. The molecular weight excluding hydrogens is 250 g/mol. The standard InChI is InChI=1S/C16H25N3O/c1-12-5-4-9-18-14(12)15(19-17)13-6-10-20-16(11-13)7-2-3-8-16/h4-5,9,13,15,19H,2-3,6-8,10-11,17H2,1H3. The van der Waals surface area contributed by atoms with Crippen LogP contribution in [0.15, 0.2) is 18.3 Å². The maximum atomic E-state index is 6.13. The lowest BCUT2D eigenvalue weighted by Gasteiger charge is -2.41. The number of hydrogen-bond acceptors (Lipinski definition) is 4. The fourth-order valence-corrected chi connectivity index (χ4v) is 3.98. The van der Waals surface area contributed by atoms with Gasteiger partial charge in [-0.2, -0.15) is 0 Å². The van der Waals surface area contributed by atoms with Crippen LogP contribution in [0.25, 0.3) is 0 Å². The summed E-state index contributed by atoms with van der Waals surface area (Å²) in [4.78, 5) is 4.56. The quantitative estimate of drug-likeness (QED) is 0.657. The molecule has 2 unspecified atom stereocenters. The van der Waals surface area contributed by atoms with E-state index < -0.39 is 0 Å². The highest BCUT2D eigenvalue weighted by Crippen LogP contribution is 2.45. The van der Waals surface area contributed by atoms with E-state index in [1.54, 1.807) is 0 Å². The molecule has 3 rings (SSSR count). The minimum absolute atomic E-state index is 0.126. The summed E-state index contributed by atoms with van der Waals surface area (Å²) in [5.74, 6) is 6.38. The smallest absolute Gasteiger partial charge is 0.0686 e. The van der Waals surface area contributed by atoms with E-state index in [4.69, 9.17) is 10.6 Å². The summed E-state index contributed by atoms with van der Waals surface area (Å²) in [6, 6.07) is 4.23. The van der Waals surface area contributed by atoms with Crippen LogP contribution >= 0.6 is 0 Å². The van der Waals surface area contributed by atoms with Crippen molar-refractivity contribution in [3.8, 4) is 0 Å². The number of nitrogens with one attached hydrogen (secondary N) is 1. The van der Waals surface area contributed by atoms with Crippen LogP contribution in [0.1, 0.15) is 55.8 Å². The summed E-state index contributed by atoms with van der Waals surface area (Å²) >= 11 is 0. The average molecular weight is 275 g/mol. The minimum Gasteiger partial charge on any atom is -0.375 e. The Morgan fingerprint density at radius 2 is 2.25 bits per heavy atom. The molecule has 1 aliphatic heterocycles. The molecule has 4 nitrogen and oxygen atoms in total. The number of pyridine rings is 1. The van der Waals surface area contributed by atoms with Gasteiger partial charge in [-0.1, -0.05) is 18.9 Å². The predicted molar refractivity (Wildman–Crippen MR) is 78.9 cm³/mol. The number of aryl methyl sites for hydroxylation is 1. The van der Waals surface area contributed by atoms with Gasteiger partial charge in [-0.05, 0) is 50.2 Å². The van der Waals surface area contributed by atoms with Crippen molar-refractivity contribution >= 4 is 0 Å². The predicted octanol–water partition coefficient (Wildman–Crippen LogP) is 2.63. The first-order valence-corrected chi connectivity index (χ1v) is 7.76. The molecule has 1 aromatic heterocycles. The van der Waals surface area contributed by atoms with Gasteiger partial charge in [0.1, 0.15) is 0 Å². The van der Waals surface area contributed by atoms with Gasteiger partial charge in [0.2, 0.25) is 0 Å². The average Bonchev–Trinajstić information content (AvgIpc) is 2.90. The topological polar surface area (TPSA) is 60.2 Å². The van der Waals surface area contributed by atoms with Gasteiger partial charge >= 0.3 is 0 Å². The molecule has 1 saturated carbocycles. The lowest BCUT2D eigenvalue weighted by molar-refractivity contribution is -0.0984. The summed E-state index contributed by atoms with van der Waals surface area (Å²) in [6.07, 6.45) is 9.05. The zero-order valence-electron chi connectivity index (χ0n) is 12.3. The fraction of sp³-hybridized carbons (Fsp3) is 0.688. The molecule has 0 amide bonds. The maximum Gasteiger partial charge on any atom is 0.0686 e. The van der Waals surface area contributed by atoms with E-state index in [-0.39, 0.29) is 11.6 Å². The minimum atomic E-state index is 0.126. The summed E-state index contributed by atoms with van der Waals surface area (Å²) in [6.45, 7) is 2.96. The fourth-order valence-electron chi connectivity index (χ4n) is 3.98. The second-order valence-electron chi connectivity index (χ2n) is 6.34. The van der Waals surface area contributed by atoms with Crippen molar-refractivity contribution in [1.29, 1.82) is 0 Å². The van der Waals surface area contributed by atoms with Gasteiger partial charge in [0.25, 0.3) is 0 Å². The highest BCUT2D eigenvalue weighted by Gasteiger charge is 2.42. The molecule has 3 N–H and O–H groups in total. The molecule has 0 bridgehead atoms. The molecule has 2 aliphatic rings. The van der Waals surface area contributed by atoms with Crippen molar-refractivity contribution in [2.75, 3.05) is 6.61 Å². The second-order valence-corrected chi connectivity index (χ2v) is 6.34. The van der Waals surface area contributed by atoms with E-state index in [2.05, 4.69) is 23.4 Å². The number of ether oxygens (including phenoxy) is 1. The van der Waals surface area contributed by atoms with Crippen LogP contribution in [0.3, 0.4) is 0 Å². The van der Waals surface area contributed by atoms with Gasteiger partial charge < -0.3 is 4.74 Å². The summed E-state index contributed by atoms with van der Waals surface area (Å²) in [5, 5.41) is 0. The van der Waals surface area contributed by atoms with Crippen molar-refractivity contribution in [2.45, 2.75) is 57.1 Å². The lowest BCUT2D eigenvalue weighted by atomic mass is 9.79. The Balaban J connectivity index is 1.81. The summed E-state index contributed by atoms with van der Waals surface area (Å²) < 4.78 is 6.13. The highest BCUT2D eigenvalue weighted by molar-refractivity contribution is 5.22. The van der Waals surface area contributed by atoms with Crippen molar-refractivity contribution in [1.82, 2.24) is 10.4 Å². The highest BCUT2D eigenvalue weighted by atomic mass is 16.5. The van der Waals surface area contributed by atoms with Crippen molar-refractivity contribution in [2.24, 2.45) is 11.8 Å². The van der Waals surface area contributed by atoms with Crippen LogP contribution in [0.4, 0.5) is 0 Å². The van der Waals surface area contributed by atoms with E-state index in [9.17, 15) is 0 Å². The molecule has 1 saturated heterocycles. The molecule has 2 atom stereocenters. The molecular formula is C16H25N3O. The lowest BCUT2D eigenvalue weighted by Crippen LogP contribution is -2.44. The van der Waals surface area contributed by atoms with E-state index in [0.717, 1.165) is 25.1 Å². The van der Waals surface area contributed by atoms with Gasteiger partial charge in [0.05, 0.1) is 17.3 Å². The van der Waals surface area contributed by atoms with Crippen molar-refractivity contribution in [3.63, 3.8) is 0 Å². The van der Waals surface area contributed by atoms with E-state index in [1.807, 2.05) is 12.3 Å². The van der Waals surface area contributed by atoms with Crippen molar-refractivity contribution in [3.05, 3.63) is 29.6 Å². The molecule has 1 aliphatic carbocycles. The molecule has 2 fully saturated rings. The van der Waals surface area contributed by atoms with Crippen LogP contribution in [0.2, 0.25) is 0 Å². The third-order valence-corrected chi connectivity index (χ3v) is 5.04. The van der Waals surface area contributed by atoms with E-state index in [0.29, 0.717) is 5.92 Å². The molecule has 20 heavy (non-hydrogen) atoms. The number of hydrogen-bond donors (Lipinski definition) is 2. The van der Waals surface area contributed by atoms with E-state index >= 15 is 0 Å². The van der Waals surface area contributed by atoms with Crippen LogP contribution in [-0.2, 0) is 4.74 Å². The normalized spacial score (nSPS) is 26.8. The van der Waals surface area contributed by atoms with Crippen LogP contribution < -0.4 is 11.3 Å². The first kappa shape index (κ1) is 14.0. The van der Waals surface area contributed by atoms with Gasteiger partial charge in [0, 0.05) is 12.8 Å². The Bertz CT molecular complexity index is 457. The number of hydrazine groups is 1. The number of aromatic nitrogens is 1. The van der Waals surface area contributed by atoms with Crippen LogP contribution in [-0.4, -0.2) is 17.2 Å². The Labute approximate surface area is 121 Å². The molecule has 2 heterocycles. The van der Waals surface area contributed by atoms with Gasteiger partial charge in [0.15, 0.2) is 0 Å². The number of nitrogens with two attached hydrogens (primary N) is 1. The first-order valence-electron chi connectivity index (χ1n) is 7.76. The molecule has 0 aromatic carbocycles. The monoisotopic (exact) mass is 275 g/mol. The van der Waals surface area contributed by atoms with Gasteiger partial charge in [-0.3, -0.25) is 16.3 Å². The van der Waals surface area contributed by atoms with Crippen LogP contribution in [0.5, 0.6) is 0 Å². The Morgan fingerprint density at radius 3 is 2.95 bits per heavy atom. The SMILES string of the molecule is Cc1cccnc1C(NN)C1CCOC2(CCCC2)C1. The zero-order chi connectivity index (χ0) is 14.0. The molecule has 1 spiro atoms. The number of rotatable bonds is 3. The van der Waals surface area contributed by atoms with Gasteiger partial charge in [-0.25, -0.2) is 0 Å². The Kier molecular flexibility index (Phi) is 4.06. The molecule has 4 heteroatoms. The molecule has 110 valence electrons. The zero-order valence-corrected chi connectivity index (χ0v) is 12.3. The van der Waals surface area contributed by atoms with E-state index in [1.165, 1.54) is 31.2 Å². The third kappa shape index (κ3) is 2.60. The Hall–Kier alpha value is -0.970. The summed E-state index contributed by atoms with van der Waals surface area (Å²) in [5.41, 5.74) is 5.45. The first-order chi connectivity index (χ1) is 9.74. The maximum absolute atomic E-state index is 6.13. The molecule has 1 aromatic rings. The number of nitrogens with zero attached hydrogens (tertiary/aromatic N) is 1. The third-order valence-electron chi connectivity index (χ3n) is 5.04.